The van der Waals surface area contributed by atoms with E-state index in [0.717, 1.165) is 32.4 Å². The van der Waals surface area contributed by atoms with Crippen molar-refractivity contribution in [2.45, 2.75) is 71.3 Å². The molecule has 0 aromatic heterocycles. The summed E-state index contributed by atoms with van der Waals surface area (Å²) < 4.78 is 0. The molecule has 0 amide bonds. The van der Waals surface area contributed by atoms with Gasteiger partial charge in [-0.3, -0.25) is 0 Å². The Morgan fingerprint density at radius 1 is 0.933 bits per heavy atom. The molecule has 0 fully saturated rings. The zero-order valence-electron chi connectivity index (χ0n) is 10.9. The minimum atomic E-state index is 0.0659. The van der Waals surface area contributed by atoms with E-state index in [0.29, 0.717) is 0 Å². The minimum absolute atomic E-state index is 0.0659. The summed E-state index contributed by atoms with van der Waals surface area (Å²) in [5.74, 6) is 0. The lowest BCUT2D eigenvalue weighted by molar-refractivity contribution is 0.358. The third-order valence-electron chi connectivity index (χ3n) is 3.42. The molecule has 0 bridgehead atoms. The molecule has 0 heterocycles. The number of nitrogens with two attached hydrogens (primary N) is 1. The van der Waals surface area contributed by atoms with Crippen LogP contribution in [0.2, 0.25) is 0 Å². The van der Waals surface area contributed by atoms with Crippen LogP contribution in [-0.4, -0.2) is 18.6 Å². The molecule has 0 saturated heterocycles. The molecule has 0 unspecified atom stereocenters. The Morgan fingerprint density at radius 2 is 1.60 bits per heavy atom. The van der Waals surface area contributed by atoms with Gasteiger partial charge >= 0.3 is 0 Å². The van der Waals surface area contributed by atoms with E-state index in [9.17, 15) is 0 Å². The first-order chi connectivity index (χ1) is 7.18. The second-order valence-corrected chi connectivity index (χ2v) is 4.63. The highest BCUT2D eigenvalue weighted by Gasteiger charge is 2.18. The van der Waals surface area contributed by atoms with Crippen molar-refractivity contribution in [2.24, 2.45) is 5.73 Å². The average Bonchev–Trinajstić information content (AvgIpc) is 2.27. The maximum atomic E-state index is 6.22. The molecular weight excluding hydrogens is 184 g/mol. The third-order valence-corrected chi connectivity index (χ3v) is 3.42. The van der Waals surface area contributed by atoms with Crippen molar-refractivity contribution in [1.82, 2.24) is 5.32 Å². The van der Waals surface area contributed by atoms with Crippen LogP contribution in [0.25, 0.3) is 0 Å². The van der Waals surface area contributed by atoms with Crippen LogP contribution < -0.4 is 11.1 Å². The van der Waals surface area contributed by atoms with Gasteiger partial charge in [0.15, 0.2) is 0 Å². The molecular formula is C13H30N2. The number of hydrogen-bond acceptors (Lipinski definition) is 2. The van der Waals surface area contributed by atoms with Gasteiger partial charge in [0.25, 0.3) is 0 Å². The van der Waals surface area contributed by atoms with E-state index in [1.807, 2.05) is 0 Å². The average molecular weight is 214 g/mol. The van der Waals surface area contributed by atoms with Crippen molar-refractivity contribution in [3.05, 3.63) is 0 Å². The lowest BCUT2D eigenvalue weighted by Crippen LogP contribution is -2.41. The quantitative estimate of drug-likeness (QED) is 0.549. The smallest absolute Gasteiger partial charge is 0.0161 e. The third kappa shape index (κ3) is 7.80. The predicted octanol–water partition coefficient (Wildman–Crippen LogP) is 3.06. The Morgan fingerprint density at radius 3 is 2.13 bits per heavy atom. The van der Waals surface area contributed by atoms with Gasteiger partial charge in [0, 0.05) is 5.54 Å². The van der Waals surface area contributed by atoms with Crippen molar-refractivity contribution >= 4 is 0 Å². The van der Waals surface area contributed by atoms with Crippen molar-refractivity contribution in [1.29, 1.82) is 0 Å². The van der Waals surface area contributed by atoms with Crippen LogP contribution in [-0.2, 0) is 0 Å². The highest BCUT2D eigenvalue weighted by molar-refractivity contribution is 4.81. The Hall–Kier alpha value is -0.0800. The normalized spacial score (nSPS) is 12.0. The van der Waals surface area contributed by atoms with Crippen molar-refractivity contribution < 1.29 is 0 Å². The Labute approximate surface area is 96.0 Å². The molecule has 0 aromatic carbocycles. The van der Waals surface area contributed by atoms with Crippen LogP contribution in [0.1, 0.15) is 65.7 Å². The number of unbranched alkanes of at least 4 members (excludes halogenated alkanes) is 3. The molecule has 0 spiro atoms. The highest BCUT2D eigenvalue weighted by Crippen LogP contribution is 2.14. The van der Waals surface area contributed by atoms with Gasteiger partial charge < -0.3 is 11.1 Å². The Bertz CT molecular complexity index is 130. The van der Waals surface area contributed by atoms with Crippen LogP contribution >= 0.6 is 0 Å². The van der Waals surface area contributed by atoms with Crippen molar-refractivity contribution in [3.63, 3.8) is 0 Å². The summed E-state index contributed by atoms with van der Waals surface area (Å²) in [6.07, 6.45) is 8.63. The van der Waals surface area contributed by atoms with Gasteiger partial charge in [0.1, 0.15) is 0 Å². The zero-order valence-corrected chi connectivity index (χ0v) is 10.9. The van der Waals surface area contributed by atoms with Gasteiger partial charge in [0.05, 0.1) is 0 Å². The van der Waals surface area contributed by atoms with E-state index in [-0.39, 0.29) is 5.54 Å². The monoisotopic (exact) mass is 214 g/mol. The van der Waals surface area contributed by atoms with Crippen LogP contribution in [0.15, 0.2) is 0 Å². The van der Waals surface area contributed by atoms with Crippen molar-refractivity contribution in [2.75, 3.05) is 13.1 Å². The fourth-order valence-corrected chi connectivity index (χ4v) is 1.74. The largest absolute Gasteiger partial charge is 0.325 e. The predicted molar refractivity (Wildman–Crippen MR) is 69.1 cm³/mol. The van der Waals surface area contributed by atoms with Crippen LogP contribution in [0.3, 0.4) is 0 Å². The molecule has 0 aromatic rings. The summed E-state index contributed by atoms with van der Waals surface area (Å²) in [5.41, 5.74) is 6.28. The number of hydrogen-bond donors (Lipinski definition) is 2. The maximum absolute atomic E-state index is 6.22. The molecule has 2 heteroatoms. The zero-order chi connectivity index (χ0) is 11.6. The summed E-state index contributed by atoms with van der Waals surface area (Å²) in [7, 11) is 0. The van der Waals surface area contributed by atoms with Gasteiger partial charge in [0.2, 0.25) is 0 Å². The van der Waals surface area contributed by atoms with Gasteiger partial charge in [-0.1, -0.05) is 40.0 Å². The summed E-state index contributed by atoms with van der Waals surface area (Å²) in [4.78, 5) is 0. The fraction of sp³-hybridized carbons (Fsp3) is 1.00. The van der Waals surface area contributed by atoms with Gasteiger partial charge in [-0.25, -0.2) is 0 Å². The van der Waals surface area contributed by atoms with Gasteiger partial charge in [-0.05, 0) is 38.8 Å². The summed E-state index contributed by atoms with van der Waals surface area (Å²) in [6, 6.07) is 0. The Kier molecular flexibility index (Phi) is 9.12. The Balaban J connectivity index is 3.29. The summed E-state index contributed by atoms with van der Waals surface area (Å²) in [6.45, 7) is 8.85. The molecule has 0 atom stereocenters. The molecule has 0 rings (SSSR count). The first-order valence-corrected chi connectivity index (χ1v) is 6.68. The molecule has 3 N–H and O–H groups in total. The van der Waals surface area contributed by atoms with Gasteiger partial charge in [-0.2, -0.15) is 0 Å². The lowest BCUT2D eigenvalue weighted by Gasteiger charge is -2.26. The SMILES string of the molecule is CCCCCCNCCC(N)(CC)CC. The summed E-state index contributed by atoms with van der Waals surface area (Å²) >= 11 is 0. The molecule has 0 aliphatic rings. The molecule has 92 valence electrons. The molecule has 0 aliphatic carbocycles. The second-order valence-electron chi connectivity index (χ2n) is 4.63. The molecule has 15 heavy (non-hydrogen) atoms. The van der Waals surface area contributed by atoms with E-state index in [2.05, 4.69) is 26.1 Å². The maximum Gasteiger partial charge on any atom is 0.0161 e. The van der Waals surface area contributed by atoms with E-state index in [1.165, 1.54) is 25.7 Å². The highest BCUT2D eigenvalue weighted by atomic mass is 14.9. The topological polar surface area (TPSA) is 38.0 Å². The molecule has 0 aliphatic heterocycles. The molecule has 2 nitrogen and oxygen atoms in total. The standard InChI is InChI=1S/C13H30N2/c1-4-7-8-9-11-15-12-10-13(14,5-2)6-3/h15H,4-12,14H2,1-3H3. The van der Waals surface area contributed by atoms with Crippen molar-refractivity contribution in [3.8, 4) is 0 Å². The van der Waals surface area contributed by atoms with E-state index in [4.69, 9.17) is 5.73 Å². The van der Waals surface area contributed by atoms with Crippen LogP contribution in [0.5, 0.6) is 0 Å². The van der Waals surface area contributed by atoms with Crippen LogP contribution in [0, 0.1) is 0 Å². The van der Waals surface area contributed by atoms with E-state index in [1.54, 1.807) is 0 Å². The molecule has 0 radical (unpaired) electrons. The van der Waals surface area contributed by atoms with E-state index >= 15 is 0 Å². The second kappa shape index (κ2) is 9.17. The first-order valence-electron chi connectivity index (χ1n) is 6.68. The lowest BCUT2D eigenvalue weighted by atomic mass is 9.90. The van der Waals surface area contributed by atoms with E-state index < -0.39 is 0 Å². The molecule has 0 saturated carbocycles. The number of rotatable bonds is 10. The minimum Gasteiger partial charge on any atom is -0.325 e. The van der Waals surface area contributed by atoms with Crippen LogP contribution in [0.4, 0.5) is 0 Å². The summed E-state index contributed by atoms with van der Waals surface area (Å²) in [5, 5.41) is 3.49. The fourth-order valence-electron chi connectivity index (χ4n) is 1.74. The first kappa shape index (κ1) is 14.9. The number of nitrogens with one attached hydrogen (secondary N) is 1. The van der Waals surface area contributed by atoms with Gasteiger partial charge in [-0.15, -0.1) is 0 Å².